The number of aryl methyl sites for hydroxylation is 1. The fourth-order valence-electron chi connectivity index (χ4n) is 3.52. The summed E-state index contributed by atoms with van der Waals surface area (Å²) in [6.45, 7) is 2.12. The van der Waals surface area contributed by atoms with Crippen LogP contribution in [0.2, 0.25) is 0 Å². The van der Waals surface area contributed by atoms with E-state index in [1.54, 1.807) is 24.5 Å². The van der Waals surface area contributed by atoms with E-state index in [4.69, 9.17) is 15.7 Å². The number of hydrogen-bond donors (Lipinski definition) is 1. The third-order valence-corrected chi connectivity index (χ3v) is 5.18. The van der Waals surface area contributed by atoms with Crippen molar-refractivity contribution >= 4 is 17.0 Å². The number of anilines is 1. The SMILES string of the molecule is CCc1ccc(-n2c(-c3cccnc3N)nc3cnc(-c4ccc(F)cc4)nc32)cc1. The van der Waals surface area contributed by atoms with Crippen LogP contribution in [0.5, 0.6) is 0 Å². The maximum absolute atomic E-state index is 13.4. The van der Waals surface area contributed by atoms with Gasteiger partial charge in [0.05, 0.1) is 11.8 Å². The number of nitrogen functional groups attached to an aromatic ring is 1. The number of imidazole rings is 1. The quantitative estimate of drug-likeness (QED) is 0.459. The fraction of sp³-hybridized carbons (Fsp3) is 0.0833. The van der Waals surface area contributed by atoms with Crippen molar-refractivity contribution in [1.82, 2.24) is 24.5 Å². The molecule has 0 aliphatic rings. The molecule has 0 atom stereocenters. The lowest BCUT2D eigenvalue weighted by molar-refractivity contribution is 0.628. The molecule has 6 nitrogen and oxygen atoms in total. The lowest BCUT2D eigenvalue weighted by atomic mass is 10.1. The van der Waals surface area contributed by atoms with Gasteiger partial charge in [-0.05, 0) is 60.5 Å². The molecule has 0 aliphatic carbocycles. The van der Waals surface area contributed by atoms with Gasteiger partial charge in [0, 0.05) is 17.4 Å². The van der Waals surface area contributed by atoms with Crippen LogP contribution in [0.25, 0.3) is 39.6 Å². The summed E-state index contributed by atoms with van der Waals surface area (Å²) in [6.07, 6.45) is 4.27. The Morgan fingerprint density at radius 1 is 0.935 bits per heavy atom. The summed E-state index contributed by atoms with van der Waals surface area (Å²) in [5, 5.41) is 0. The highest BCUT2D eigenvalue weighted by Crippen LogP contribution is 2.31. The molecule has 0 bridgehead atoms. The number of nitrogens with zero attached hydrogens (tertiary/aromatic N) is 5. The van der Waals surface area contributed by atoms with Crippen LogP contribution in [0, 0.1) is 5.82 Å². The molecule has 5 aromatic rings. The number of rotatable bonds is 4. The molecule has 0 radical (unpaired) electrons. The summed E-state index contributed by atoms with van der Waals surface area (Å²) < 4.78 is 15.3. The summed E-state index contributed by atoms with van der Waals surface area (Å²) in [7, 11) is 0. The van der Waals surface area contributed by atoms with E-state index < -0.39 is 0 Å². The number of nitrogens with two attached hydrogens (primary N) is 1. The minimum absolute atomic E-state index is 0.305. The predicted octanol–water partition coefficient (Wildman–Crippen LogP) is 4.83. The van der Waals surface area contributed by atoms with Crippen molar-refractivity contribution in [3.05, 3.63) is 84.4 Å². The number of benzene rings is 2. The second-order valence-electron chi connectivity index (χ2n) is 7.14. The highest BCUT2D eigenvalue weighted by Gasteiger charge is 2.19. The van der Waals surface area contributed by atoms with E-state index >= 15 is 0 Å². The summed E-state index contributed by atoms with van der Waals surface area (Å²) in [5.74, 6) is 1.20. The van der Waals surface area contributed by atoms with Crippen LogP contribution >= 0.6 is 0 Å². The Hall–Kier alpha value is -4.13. The van der Waals surface area contributed by atoms with Crippen LogP contribution in [0.1, 0.15) is 12.5 Å². The highest BCUT2D eigenvalue weighted by atomic mass is 19.1. The zero-order chi connectivity index (χ0) is 21.4. The molecule has 3 aromatic heterocycles. The summed E-state index contributed by atoms with van der Waals surface area (Å²) in [4.78, 5) is 18.2. The normalized spacial score (nSPS) is 11.2. The Balaban J connectivity index is 1.77. The minimum Gasteiger partial charge on any atom is -0.383 e. The standard InChI is InChI=1S/C24H19FN6/c1-2-15-5-11-18(12-6-15)31-23(19-4-3-13-27-21(19)26)29-20-14-28-22(30-24(20)31)16-7-9-17(25)10-8-16/h3-14H,2H2,1H3,(H2,26,27). The predicted molar refractivity (Wildman–Crippen MR) is 119 cm³/mol. The molecule has 152 valence electrons. The second kappa shape index (κ2) is 7.60. The first-order chi connectivity index (χ1) is 15.1. The second-order valence-corrected chi connectivity index (χ2v) is 7.14. The third-order valence-electron chi connectivity index (χ3n) is 5.18. The molecule has 0 aliphatic heterocycles. The van der Waals surface area contributed by atoms with Crippen molar-refractivity contribution in [2.75, 3.05) is 5.73 Å². The maximum Gasteiger partial charge on any atom is 0.169 e. The zero-order valence-electron chi connectivity index (χ0n) is 16.8. The minimum atomic E-state index is -0.305. The molecule has 7 heteroatoms. The first-order valence-corrected chi connectivity index (χ1v) is 9.95. The largest absolute Gasteiger partial charge is 0.383 e. The molecule has 2 N–H and O–H groups in total. The van der Waals surface area contributed by atoms with Crippen LogP contribution < -0.4 is 5.73 Å². The zero-order valence-corrected chi connectivity index (χ0v) is 16.8. The topological polar surface area (TPSA) is 82.5 Å². The van der Waals surface area contributed by atoms with Gasteiger partial charge in [-0.1, -0.05) is 19.1 Å². The summed E-state index contributed by atoms with van der Waals surface area (Å²) in [5.41, 5.74) is 11.0. The molecular formula is C24H19FN6. The molecular weight excluding hydrogens is 391 g/mol. The molecule has 2 aromatic carbocycles. The van der Waals surface area contributed by atoms with Crippen LogP contribution in [0.3, 0.4) is 0 Å². The van der Waals surface area contributed by atoms with Crippen molar-refractivity contribution in [1.29, 1.82) is 0 Å². The molecule has 0 saturated heterocycles. The first kappa shape index (κ1) is 18.9. The van der Waals surface area contributed by atoms with Gasteiger partial charge in [-0.25, -0.2) is 24.3 Å². The van der Waals surface area contributed by atoms with Gasteiger partial charge in [-0.3, -0.25) is 4.57 Å². The lowest BCUT2D eigenvalue weighted by Gasteiger charge is -2.11. The Kier molecular flexibility index (Phi) is 4.63. The summed E-state index contributed by atoms with van der Waals surface area (Å²) in [6, 6.07) is 18.1. The van der Waals surface area contributed by atoms with E-state index in [9.17, 15) is 4.39 Å². The number of aromatic nitrogens is 5. The molecule has 0 unspecified atom stereocenters. The Morgan fingerprint density at radius 2 is 1.71 bits per heavy atom. The van der Waals surface area contributed by atoms with Gasteiger partial charge >= 0.3 is 0 Å². The van der Waals surface area contributed by atoms with Crippen molar-refractivity contribution in [3.8, 4) is 28.5 Å². The Bertz CT molecular complexity index is 1370. The van der Waals surface area contributed by atoms with Crippen LogP contribution in [-0.4, -0.2) is 24.5 Å². The smallest absolute Gasteiger partial charge is 0.169 e. The Morgan fingerprint density at radius 3 is 2.42 bits per heavy atom. The molecule has 0 spiro atoms. The van der Waals surface area contributed by atoms with E-state index in [1.807, 2.05) is 28.8 Å². The molecule has 3 heterocycles. The van der Waals surface area contributed by atoms with Gasteiger partial charge in [0.2, 0.25) is 0 Å². The van der Waals surface area contributed by atoms with Gasteiger partial charge < -0.3 is 5.73 Å². The van der Waals surface area contributed by atoms with Gasteiger partial charge in [-0.2, -0.15) is 0 Å². The maximum atomic E-state index is 13.4. The molecule has 0 amide bonds. The third kappa shape index (κ3) is 3.40. The van der Waals surface area contributed by atoms with Gasteiger partial charge in [0.15, 0.2) is 17.3 Å². The highest BCUT2D eigenvalue weighted by molar-refractivity contribution is 5.83. The van der Waals surface area contributed by atoms with Crippen LogP contribution in [0.15, 0.2) is 73.1 Å². The van der Waals surface area contributed by atoms with Crippen LogP contribution in [-0.2, 0) is 6.42 Å². The van der Waals surface area contributed by atoms with E-state index in [0.717, 1.165) is 17.7 Å². The molecule has 0 fully saturated rings. The average Bonchev–Trinajstić information content (AvgIpc) is 3.18. The summed E-state index contributed by atoms with van der Waals surface area (Å²) >= 11 is 0. The van der Waals surface area contributed by atoms with Gasteiger partial charge in [-0.15, -0.1) is 0 Å². The van der Waals surface area contributed by atoms with E-state index in [-0.39, 0.29) is 5.82 Å². The van der Waals surface area contributed by atoms with E-state index in [1.165, 1.54) is 17.7 Å². The van der Waals surface area contributed by atoms with Crippen molar-refractivity contribution in [3.63, 3.8) is 0 Å². The Labute approximate surface area is 178 Å². The van der Waals surface area contributed by atoms with Crippen LogP contribution in [0.4, 0.5) is 10.2 Å². The van der Waals surface area contributed by atoms with Crippen molar-refractivity contribution in [2.45, 2.75) is 13.3 Å². The van der Waals surface area contributed by atoms with E-state index in [2.05, 4.69) is 29.0 Å². The van der Waals surface area contributed by atoms with Crippen molar-refractivity contribution < 1.29 is 4.39 Å². The number of halogens is 1. The van der Waals surface area contributed by atoms with Gasteiger partial charge in [0.1, 0.15) is 17.2 Å². The van der Waals surface area contributed by atoms with Crippen molar-refractivity contribution in [2.24, 2.45) is 0 Å². The van der Waals surface area contributed by atoms with E-state index in [0.29, 0.717) is 34.2 Å². The molecule has 5 rings (SSSR count). The average molecular weight is 410 g/mol. The fourth-order valence-corrected chi connectivity index (χ4v) is 3.52. The first-order valence-electron chi connectivity index (χ1n) is 9.95. The monoisotopic (exact) mass is 410 g/mol. The number of hydrogen-bond acceptors (Lipinski definition) is 5. The number of pyridine rings is 1. The number of fused-ring (bicyclic) bond motifs is 1. The molecule has 0 saturated carbocycles. The lowest BCUT2D eigenvalue weighted by Crippen LogP contribution is -2.02. The molecule has 31 heavy (non-hydrogen) atoms. The van der Waals surface area contributed by atoms with Gasteiger partial charge in [0.25, 0.3) is 0 Å².